The van der Waals surface area contributed by atoms with E-state index in [0.29, 0.717) is 4.32 Å². The van der Waals surface area contributed by atoms with Crippen LogP contribution in [0.1, 0.15) is 25.7 Å². The minimum atomic E-state index is 0. The first-order valence-corrected chi connectivity index (χ1v) is 4.58. The summed E-state index contributed by atoms with van der Waals surface area (Å²) in [7, 11) is 0. The van der Waals surface area contributed by atoms with Crippen LogP contribution in [-0.2, 0) is 12.6 Å². The van der Waals surface area contributed by atoms with E-state index in [1.807, 2.05) is 0 Å². The van der Waals surface area contributed by atoms with Gasteiger partial charge in [0.1, 0.15) is 0 Å². The molecule has 1 nitrogen and oxygen atoms in total. The number of rotatable bonds is 0. The third-order valence-electron chi connectivity index (χ3n) is 1.86. The molecule has 58 valence electrons. The number of hydrogen-bond donors (Lipinski definition) is 0. The molecule has 0 aliphatic carbocycles. The zero-order chi connectivity index (χ0) is 7.40. The van der Waals surface area contributed by atoms with Gasteiger partial charge in [-0.3, -0.25) is 0 Å². The van der Waals surface area contributed by atoms with Gasteiger partial charge in [-0.25, -0.2) is 0 Å². The summed E-state index contributed by atoms with van der Waals surface area (Å²) in [5, 5.41) is 0. The summed E-state index contributed by atoms with van der Waals surface area (Å²) in [5.74, 6) is 0. The summed E-state index contributed by atoms with van der Waals surface area (Å²) in [6.45, 7) is 2.17. The Hall–Kier alpha value is 1.75. The topological polar surface area (TPSA) is 3.24 Å². The van der Waals surface area contributed by atoms with Gasteiger partial charge in [0.25, 0.3) is 0 Å². The van der Waals surface area contributed by atoms with Gasteiger partial charge in [-0.05, 0) is 12.8 Å². The van der Waals surface area contributed by atoms with Crippen molar-refractivity contribution in [2.45, 2.75) is 25.7 Å². The summed E-state index contributed by atoms with van der Waals surface area (Å²) in [4.78, 5) is 2.14. The Kier molecular flexibility index (Phi) is 8.32. The maximum atomic E-state index is 4.92. The van der Waals surface area contributed by atoms with Crippen molar-refractivity contribution in [2.24, 2.45) is 0 Å². The van der Waals surface area contributed by atoms with Crippen LogP contribution >= 0.6 is 12.2 Å². The average Bonchev–Trinajstić information content (AvgIpc) is 2.12. The summed E-state index contributed by atoms with van der Waals surface area (Å²) >= 11 is 9.83. The van der Waals surface area contributed by atoms with Crippen LogP contribution in [0.5, 0.6) is 0 Å². The molecule has 1 rings (SSSR count). The van der Waals surface area contributed by atoms with E-state index in [1.54, 1.807) is 0 Å². The zero-order valence-electron chi connectivity index (χ0n) is 7.01. The molecule has 0 aromatic rings. The SMILES string of the molecule is S=C([S-])N1CCCCCC1.[K+]. The third-order valence-corrected chi connectivity index (χ3v) is 2.38. The van der Waals surface area contributed by atoms with Crippen molar-refractivity contribution >= 4 is 29.2 Å². The molecule has 1 aliphatic rings. The molecule has 11 heavy (non-hydrogen) atoms. The molecule has 0 amide bonds. The monoisotopic (exact) mass is 213 g/mol. The molecule has 0 aromatic carbocycles. The van der Waals surface area contributed by atoms with Crippen molar-refractivity contribution < 1.29 is 51.4 Å². The largest absolute Gasteiger partial charge is 1.00 e. The molecule has 4 heteroatoms. The van der Waals surface area contributed by atoms with E-state index in [1.165, 1.54) is 25.7 Å². The molecule has 0 atom stereocenters. The molecule has 0 N–H and O–H groups in total. The quantitative estimate of drug-likeness (QED) is 0.280. The molecule has 0 spiro atoms. The van der Waals surface area contributed by atoms with E-state index in [-0.39, 0.29) is 51.4 Å². The second kappa shape index (κ2) is 7.18. The average molecular weight is 213 g/mol. The van der Waals surface area contributed by atoms with E-state index in [4.69, 9.17) is 24.8 Å². The first-order chi connectivity index (χ1) is 4.80. The van der Waals surface area contributed by atoms with Gasteiger partial charge in [0.15, 0.2) is 0 Å². The molecular formula is C7H12KNS2. The van der Waals surface area contributed by atoms with E-state index < -0.39 is 0 Å². The molecule has 0 radical (unpaired) electrons. The van der Waals surface area contributed by atoms with Crippen LogP contribution in [0.15, 0.2) is 0 Å². The van der Waals surface area contributed by atoms with Gasteiger partial charge in [-0.1, -0.05) is 17.2 Å². The van der Waals surface area contributed by atoms with Crippen LogP contribution in [-0.4, -0.2) is 22.3 Å². The molecule has 1 aliphatic heterocycles. The van der Waals surface area contributed by atoms with E-state index >= 15 is 0 Å². The third kappa shape index (κ3) is 5.13. The molecule has 1 saturated heterocycles. The minimum Gasteiger partial charge on any atom is -0.411 e. The molecule has 1 heterocycles. The predicted octanol–water partition coefficient (Wildman–Crippen LogP) is -1.30. The van der Waals surface area contributed by atoms with E-state index in [9.17, 15) is 0 Å². The first kappa shape index (κ1) is 12.7. The molecule has 1 fully saturated rings. The van der Waals surface area contributed by atoms with Crippen LogP contribution in [0.3, 0.4) is 0 Å². The van der Waals surface area contributed by atoms with Crippen LogP contribution < -0.4 is 51.4 Å². The van der Waals surface area contributed by atoms with Crippen molar-refractivity contribution in [3.8, 4) is 0 Å². The summed E-state index contributed by atoms with van der Waals surface area (Å²) < 4.78 is 0.655. The van der Waals surface area contributed by atoms with Gasteiger partial charge in [-0.2, -0.15) is 0 Å². The van der Waals surface area contributed by atoms with Gasteiger partial charge in [-0.15, -0.1) is 0 Å². The van der Waals surface area contributed by atoms with Gasteiger partial charge in [0.2, 0.25) is 0 Å². The normalized spacial score (nSPS) is 18.4. The number of hydrogen-bond acceptors (Lipinski definition) is 2. The van der Waals surface area contributed by atoms with Crippen LogP contribution in [0.25, 0.3) is 0 Å². The van der Waals surface area contributed by atoms with Gasteiger partial charge in [0.05, 0.1) is 0 Å². The summed E-state index contributed by atoms with van der Waals surface area (Å²) in [6, 6.07) is 0. The van der Waals surface area contributed by atoms with Crippen LogP contribution in [0, 0.1) is 0 Å². The van der Waals surface area contributed by atoms with Gasteiger partial charge < -0.3 is 29.7 Å². The second-order valence-corrected chi connectivity index (χ2v) is 3.70. The fourth-order valence-corrected chi connectivity index (χ4v) is 1.62. The number of thiocarbonyl (C=S) groups is 1. The maximum absolute atomic E-state index is 4.92. The fraction of sp³-hybridized carbons (Fsp3) is 0.857. The van der Waals surface area contributed by atoms with Gasteiger partial charge >= 0.3 is 51.4 Å². The molecule has 0 aromatic heterocycles. The van der Waals surface area contributed by atoms with Crippen molar-refractivity contribution in [2.75, 3.05) is 13.1 Å². The van der Waals surface area contributed by atoms with Crippen molar-refractivity contribution in [3.05, 3.63) is 0 Å². The number of nitrogens with zero attached hydrogens (tertiary/aromatic N) is 1. The zero-order valence-corrected chi connectivity index (χ0v) is 11.8. The standard InChI is InChI=1S/C7H13NS2.K/c9-7(10)8-5-3-1-2-4-6-8;/h1-6H2,(H,9,10);/q;+1/p-1. The molecule has 0 unspecified atom stereocenters. The first-order valence-electron chi connectivity index (χ1n) is 3.76. The van der Waals surface area contributed by atoms with Crippen molar-refractivity contribution in [1.82, 2.24) is 4.90 Å². The van der Waals surface area contributed by atoms with Crippen molar-refractivity contribution in [3.63, 3.8) is 0 Å². The summed E-state index contributed by atoms with van der Waals surface area (Å²) in [6.07, 6.45) is 5.20. The fourth-order valence-electron chi connectivity index (χ4n) is 1.25. The maximum Gasteiger partial charge on any atom is 1.00 e. The van der Waals surface area contributed by atoms with E-state index in [0.717, 1.165) is 13.1 Å². The Labute approximate surface area is 122 Å². The Morgan fingerprint density at radius 2 is 1.55 bits per heavy atom. The van der Waals surface area contributed by atoms with Crippen LogP contribution in [0.2, 0.25) is 0 Å². The Bertz CT molecular complexity index is 122. The number of likely N-dealkylation sites (tertiary alicyclic amines) is 1. The summed E-state index contributed by atoms with van der Waals surface area (Å²) in [5.41, 5.74) is 0. The molecule has 0 saturated carbocycles. The Balaban J connectivity index is 0.000001000. The Morgan fingerprint density at radius 1 is 1.09 bits per heavy atom. The van der Waals surface area contributed by atoms with Crippen molar-refractivity contribution in [1.29, 1.82) is 0 Å². The minimum absolute atomic E-state index is 0. The van der Waals surface area contributed by atoms with Gasteiger partial charge in [0, 0.05) is 13.1 Å². The predicted molar refractivity (Wildman–Crippen MR) is 50.0 cm³/mol. The van der Waals surface area contributed by atoms with Crippen LogP contribution in [0.4, 0.5) is 0 Å². The van der Waals surface area contributed by atoms with E-state index in [2.05, 4.69) is 4.90 Å². The molecule has 0 bridgehead atoms. The molecular weight excluding hydrogens is 201 g/mol. The Morgan fingerprint density at radius 3 is 1.91 bits per heavy atom. The smallest absolute Gasteiger partial charge is 0.411 e. The second-order valence-electron chi connectivity index (χ2n) is 2.67.